The van der Waals surface area contributed by atoms with Gasteiger partial charge in [-0.25, -0.2) is 4.39 Å². The zero-order valence-electron chi connectivity index (χ0n) is 8.26. The van der Waals surface area contributed by atoms with Gasteiger partial charge in [-0.15, -0.1) is 0 Å². The van der Waals surface area contributed by atoms with E-state index in [0.29, 0.717) is 12.1 Å². The van der Waals surface area contributed by atoms with Crippen molar-refractivity contribution in [1.29, 1.82) is 0 Å². The van der Waals surface area contributed by atoms with Crippen LogP contribution in [-0.2, 0) is 4.79 Å². The van der Waals surface area contributed by atoms with Crippen LogP contribution in [0.25, 0.3) is 0 Å². The molecule has 0 aliphatic rings. The normalized spacial score (nSPS) is 12.3. The maximum absolute atomic E-state index is 12.8. The Morgan fingerprint density at radius 1 is 1.67 bits per heavy atom. The number of rotatable bonds is 3. The number of hydrogen-bond donors (Lipinski definition) is 2. The van der Waals surface area contributed by atoms with Gasteiger partial charge in [-0.2, -0.15) is 0 Å². The highest BCUT2D eigenvalue weighted by molar-refractivity contribution is 6.31. The minimum Gasteiger partial charge on any atom is -0.325 e. The Bertz CT molecular complexity index is 370. The van der Waals surface area contributed by atoms with E-state index >= 15 is 0 Å². The molecule has 3 nitrogen and oxygen atoms in total. The Hall–Kier alpha value is -1.13. The molecule has 15 heavy (non-hydrogen) atoms. The summed E-state index contributed by atoms with van der Waals surface area (Å²) in [5.74, 6) is -0.824. The topological polar surface area (TPSA) is 55.1 Å². The predicted molar refractivity (Wildman–Crippen MR) is 58.3 cm³/mol. The molecule has 1 aromatic rings. The first-order valence-corrected chi connectivity index (χ1v) is 4.94. The number of benzene rings is 1. The van der Waals surface area contributed by atoms with Crippen LogP contribution in [0.3, 0.4) is 0 Å². The zero-order chi connectivity index (χ0) is 11.4. The van der Waals surface area contributed by atoms with E-state index in [9.17, 15) is 9.18 Å². The van der Waals surface area contributed by atoms with E-state index in [1.165, 1.54) is 18.2 Å². The Labute approximate surface area is 92.4 Å². The van der Waals surface area contributed by atoms with Gasteiger partial charge in [0.1, 0.15) is 5.82 Å². The molecule has 0 bridgehead atoms. The van der Waals surface area contributed by atoms with Crippen molar-refractivity contribution in [3.63, 3.8) is 0 Å². The van der Waals surface area contributed by atoms with Gasteiger partial charge in [0.05, 0.1) is 11.1 Å². The fraction of sp³-hybridized carbons (Fsp3) is 0.300. The Morgan fingerprint density at radius 3 is 2.87 bits per heavy atom. The van der Waals surface area contributed by atoms with Gasteiger partial charge >= 0.3 is 0 Å². The van der Waals surface area contributed by atoms with Crippen LogP contribution in [0.2, 0.25) is 5.02 Å². The quantitative estimate of drug-likeness (QED) is 0.836. The average molecular weight is 231 g/mol. The van der Waals surface area contributed by atoms with Crippen molar-refractivity contribution in [3.05, 3.63) is 29.0 Å². The molecule has 82 valence electrons. The number of nitrogens with two attached hydrogens (primary N) is 1. The van der Waals surface area contributed by atoms with Gasteiger partial charge in [-0.1, -0.05) is 18.5 Å². The van der Waals surface area contributed by atoms with Crippen LogP contribution in [-0.4, -0.2) is 11.9 Å². The lowest BCUT2D eigenvalue weighted by Gasteiger charge is -2.10. The molecule has 1 aromatic carbocycles. The van der Waals surface area contributed by atoms with Crippen molar-refractivity contribution >= 4 is 23.2 Å². The molecule has 0 aliphatic heterocycles. The molecule has 0 saturated heterocycles. The summed E-state index contributed by atoms with van der Waals surface area (Å²) in [6.07, 6.45) is 0.542. The molecule has 1 rings (SSSR count). The summed E-state index contributed by atoms with van der Waals surface area (Å²) in [5.41, 5.74) is 5.95. The summed E-state index contributed by atoms with van der Waals surface area (Å²) in [5, 5.41) is 2.52. The molecular formula is C10H12ClFN2O. The number of nitrogens with one attached hydrogen (secondary N) is 1. The summed E-state index contributed by atoms with van der Waals surface area (Å²) in [6.45, 7) is 1.81. The first-order valence-electron chi connectivity index (χ1n) is 4.56. The SMILES string of the molecule is CC[C@@H](N)C(=O)Nc1ccc(F)c(Cl)c1. The summed E-state index contributed by atoms with van der Waals surface area (Å²) >= 11 is 5.55. The van der Waals surface area contributed by atoms with Crippen LogP contribution < -0.4 is 11.1 Å². The molecule has 1 atom stereocenters. The zero-order valence-corrected chi connectivity index (χ0v) is 9.01. The highest BCUT2D eigenvalue weighted by Gasteiger charge is 2.11. The first kappa shape index (κ1) is 11.9. The molecule has 0 saturated carbocycles. The lowest BCUT2D eigenvalue weighted by Crippen LogP contribution is -2.34. The molecule has 0 heterocycles. The largest absolute Gasteiger partial charge is 0.325 e. The second-order valence-electron chi connectivity index (χ2n) is 3.13. The number of anilines is 1. The molecule has 0 aromatic heterocycles. The molecule has 0 radical (unpaired) electrons. The smallest absolute Gasteiger partial charge is 0.241 e. The number of halogens is 2. The minimum absolute atomic E-state index is 0.0298. The third kappa shape index (κ3) is 3.18. The predicted octanol–water partition coefficient (Wildman–Crippen LogP) is 2.15. The second kappa shape index (κ2) is 5.09. The van der Waals surface area contributed by atoms with Crippen LogP contribution in [0.15, 0.2) is 18.2 Å². The van der Waals surface area contributed by atoms with Crippen LogP contribution >= 0.6 is 11.6 Å². The highest BCUT2D eigenvalue weighted by Crippen LogP contribution is 2.19. The van der Waals surface area contributed by atoms with Crippen LogP contribution in [0.4, 0.5) is 10.1 Å². The third-order valence-electron chi connectivity index (χ3n) is 1.96. The molecule has 5 heteroatoms. The number of amides is 1. The van der Waals surface area contributed by atoms with E-state index < -0.39 is 11.9 Å². The standard InChI is InChI=1S/C10H12ClFN2O/c1-2-9(13)10(15)14-6-3-4-8(12)7(11)5-6/h3-5,9H,2,13H2,1H3,(H,14,15)/t9-/m1/s1. The Balaban J connectivity index is 2.73. The van der Waals surface area contributed by atoms with Crippen LogP contribution in [0.5, 0.6) is 0 Å². The molecule has 0 fully saturated rings. The molecular weight excluding hydrogens is 219 g/mol. The number of hydrogen-bond acceptors (Lipinski definition) is 2. The van der Waals surface area contributed by atoms with E-state index in [1.54, 1.807) is 0 Å². The van der Waals surface area contributed by atoms with Crippen LogP contribution in [0, 0.1) is 5.82 Å². The fourth-order valence-corrected chi connectivity index (χ4v) is 1.17. The van der Waals surface area contributed by atoms with E-state index in [2.05, 4.69) is 5.32 Å². The second-order valence-corrected chi connectivity index (χ2v) is 3.54. The van der Waals surface area contributed by atoms with Crippen molar-refractivity contribution in [1.82, 2.24) is 0 Å². The molecule has 0 unspecified atom stereocenters. The van der Waals surface area contributed by atoms with Gasteiger partial charge in [0, 0.05) is 5.69 Å². The number of carbonyl (C=O) groups excluding carboxylic acids is 1. The molecule has 0 aliphatic carbocycles. The van der Waals surface area contributed by atoms with Gasteiger partial charge in [0.2, 0.25) is 5.91 Å². The maximum Gasteiger partial charge on any atom is 0.241 e. The minimum atomic E-state index is -0.561. The first-order chi connectivity index (χ1) is 7.04. The summed E-state index contributed by atoms with van der Waals surface area (Å²) in [7, 11) is 0. The van der Waals surface area contributed by atoms with E-state index in [4.69, 9.17) is 17.3 Å². The number of carbonyl (C=O) groups is 1. The monoisotopic (exact) mass is 230 g/mol. The Morgan fingerprint density at radius 2 is 2.33 bits per heavy atom. The maximum atomic E-state index is 12.8. The van der Waals surface area contributed by atoms with Crippen molar-refractivity contribution < 1.29 is 9.18 Å². The molecule has 0 spiro atoms. The third-order valence-corrected chi connectivity index (χ3v) is 2.25. The molecule has 1 amide bonds. The van der Waals surface area contributed by atoms with Crippen molar-refractivity contribution in [3.8, 4) is 0 Å². The van der Waals surface area contributed by atoms with Crippen molar-refractivity contribution in [2.45, 2.75) is 19.4 Å². The summed E-state index contributed by atoms with van der Waals surface area (Å²) in [4.78, 5) is 11.4. The summed E-state index contributed by atoms with van der Waals surface area (Å²) in [6, 6.07) is 3.41. The van der Waals surface area contributed by atoms with E-state index in [0.717, 1.165) is 0 Å². The Kier molecular flexibility index (Phi) is 4.05. The van der Waals surface area contributed by atoms with E-state index in [1.807, 2.05) is 6.92 Å². The van der Waals surface area contributed by atoms with Gasteiger partial charge in [-0.3, -0.25) is 4.79 Å². The summed E-state index contributed by atoms with van der Waals surface area (Å²) < 4.78 is 12.8. The van der Waals surface area contributed by atoms with Gasteiger partial charge in [0.25, 0.3) is 0 Å². The van der Waals surface area contributed by atoms with Gasteiger partial charge in [0.15, 0.2) is 0 Å². The van der Waals surface area contributed by atoms with Crippen LogP contribution in [0.1, 0.15) is 13.3 Å². The van der Waals surface area contributed by atoms with Crippen molar-refractivity contribution in [2.75, 3.05) is 5.32 Å². The highest BCUT2D eigenvalue weighted by atomic mass is 35.5. The fourth-order valence-electron chi connectivity index (χ4n) is 0.994. The van der Waals surface area contributed by atoms with Gasteiger partial charge in [-0.05, 0) is 24.6 Å². The van der Waals surface area contributed by atoms with E-state index in [-0.39, 0.29) is 10.9 Å². The lowest BCUT2D eigenvalue weighted by molar-refractivity contribution is -0.117. The van der Waals surface area contributed by atoms with Gasteiger partial charge < -0.3 is 11.1 Å². The average Bonchev–Trinajstić information content (AvgIpc) is 2.22. The lowest BCUT2D eigenvalue weighted by atomic mass is 10.2. The molecule has 3 N–H and O–H groups in total. The van der Waals surface area contributed by atoms with Crippen molar-refractivity contribution in [2.24, 2.45) is 5.73 Å².